The number of carbonyl (C=O) groups is 2. The predicted octanol–water partition coefficient (Wildman–Crippen LogP) is 6.02. The van der Waals surface area contributed by atoms with Gasteiger partial charge >= 0.3 is 5.97 Å². The second-order valence-corrected chi connectivity index (χ2v) is 12.6. The Labute approximate surface area is 208 Å². The molecule has 1 atom stereocenters. The molecule has 1 N–H and O–H groups in total. The molecule has 1 aliphatic heterocycles. The average molecular weight is 492 g/mol. The van der Waals surface area contributed by atoms with E-state index in [9.17, 15) is 14.7 Å². The number of hydrogen-bond acceptors (Lipinski definition) is 5. The quantitative estimate of drug-likeness (QED) is 0.527. The fourth-order valence-corrected chi connectivity index (χ4v) is 6.66. The van der Waals surface area contributed by atoms with Gasteiger partial charge in [0.25, 0.3) is 0 Å². The van der Waals surface area contributed by atoms with Crippen LogP contribution in [0, 0.1) is 11.8 Å². The summed E-state index contributed by atoms with van der Waals surface area (Å²) in [6, 6.07) is 2.00. The summed E-state index contributed by atoms with van der Waals surface area (Å²) in [6.45, 7) is 9.99. The first-order valence-electron chi connectivity index (χ1n) is 13.1. The summed E-state index contributed by atoms with van der Waals surface area (Å²) in [5, 5.41) is 10.1. The molecular formula is C27H41NO5S. The van der Waals surface area contributed by atoms with Crippen molar-refractivity contribution in [1.29, 1.82) is 0 Å². The Morgan fingerprint density at radius 1 is 1.03 bits per heavy atom. The molecule has 34 heavy (non-hydrogen) atoms. The molecule has 1 saturated heterocycles. The Hall–Kier alpha value is -1.44. The zero-order valence-electron chi connectivity index (χ0n) is 21.2. The summed E-state index contributed by atoms with van der Waals surface area (Å²) in [6.07, 6.45) is 8.74. The Bertz CT molecular complexity index is 853. The van der Waals surface area contributed by atoms with Crippen molar-refractivity contribution < 1.29 is 24.2 Å². The molecule has 4 rings (SSSR count). The van der Waals surface area contributed by atoms with Crippen LogP contribution in [0.2, 0.25) is 0 Å². The van der Waals surface area contributed by atoms with Crippen molar-refractivity contribution in [2.24, 2.45) is 11.8 Å². The standard InChI is InChI=1S/C27H41NO5S/c1-17-5-7-18(8-6-17)25(29)28(22-15-23(27(2,3)4)34-24(22)26(30)31)19-9-11-20(12-10-19)33-21-13-14-32-16-21/h15,17-21H,5-14,16H2,1-4H3,(H,30,31)/t17-,18-,19-,20-,21-/m0/s1. The molecule has 0 unspecified atom stereocenters. The van der Waals surface area contributed by atoms with E-state index >= 15 is 0 Å². The van der Waals surface area contributed by atoms with E-state index in [0.717, 1.165) is 69.3 Å². The van der Waals surface area contributed by atoms with Crippen molar-refractivity contribution in [3.63, 3.8) is 0 Å². The summed E-state index contributed by atoms with van der Waals surface area (Å²) in [5.74, 6) is -0.168. The van der Waals surface area contributed by atoms with Gasteiger partial charge in [-0.25, -0.2) is 4.79 Å². The molecule has 0 spiro atoms. The predicted molar refractivity (Wildman–Crippen MR) is 135 cm³/mol. The van der Waals surface area contributed by atoms with Crippen LogP contribution in [0.1, 0.15) is 100 Å². The van der Waals surface area contributed by atoms with Crippen LogP contribution >= 0.6 is 11.3 Å². The molecule has 0 bridgehead atoms. The normalized spacial score (nSPS) is 30.3. The van der Waals surface area contributed by atoms with Crippen molar-refractivity contribution in [2.45, 2.75) is 109 Å². The SMILES string of the molecule is CC(C)(C)c1cc(N(C(=O)[C@H]2CC[C@H](C)CC2)[C@H]2CC[C@H](O[C@H]3CCOC3)CC2)c(C(=O)O)s1. The van der Waals surface area contributed by atoms with Crippen molar-refractivity contribution in [2.75, 3.05) is 18.1 Å². The van der Waals surface area contributed by atoms with E-state index in [4.69, 9.17) is 9.47 Å². The molecule has 1 aromatic rings. The number of hydrogen-bond donors (Lipinski definition) is 1. The number of thiophene rings is 1. The number of ether oxygens (including phenoxy) is 2. The summed E-state index contributed by atoms with van der Waals surface area (Å²) in [5.41, 5.74) is 0.441. The fourth-order valence-electron chi connectivity index (χ4n) is 5.61. The summed E-state index contributed by atoms with van der Waals surface area (Å²) >= 11 is 1.32. The van der Waals surface area contributed by atoms with Crippen molar-refractivity contribution in [3.05, 3.63) is 15.8 Å². The average Bonchev–Trinajstić information content (AvgIpc) is 3.46. The smallest absolute Gasteiger partial charge is 0.348 e. The van der Waals surface area contributed by atoms with Gasteiger partial charge in [0.1, 0.15) is 4.88 Å². The maximum atomic E-state index is 14.0. The maximum absolute atomic E-state index is 14.0. The number of anilines is 1. The molecule has 1 amide bonds. The van der Waals surface area contributed by atoms with Crippen LogP contribution in [0.4, 0.5) is 5.69 Å². The minimum absolute atomic E-state index is 0.0135. The number of rotatable bonds is 6. The van der Waals surface area contributed by atoms with Crippen LogP contribution in [-0.2, 0) is 19.7 Å². The molecule has 6 nitrogen and oxygen atoms in total. The van der Waals surface area contributed by atoms with Gasteiger partial charge in [0, 0.05) is 23.4 Å². The molecule has 3 fully saturated rings. The maximum Gasteiger partial charge on any atom is 0.348 e. The minimum Gasteiger partial charge on any atom is -0.477 e. The Kier molecular flexibility index (Phi) is 8.05. The van der Waals surface area contributed by atoms with Gasteiger partial charge in [0.05, 0.1) is 24.5 Å². The summed E-state index contributed by atoms with van der Waals surface area (Å²) in [7, 11) is 0. The van der Waals surface area contributed by atoms with Crippen molar-refractivity contribution >= 4 is 28.9 Å². The highest BCUT2D eigenvalue weighted by molar-refractivity contribution is 7.14. The van der Waals surface area contributed by atoms with E-state index in [2.05, 4.69) is 27.7 Å². The lowest BCUT2D eigenvalue weighted by Crippen LogP contribution is -2.47. The lowest BCUT2D eigenvalue weighted by molar-refractivity contribution is -0.124. The minimum atomic E-state index is -0.941. The van der Waals surface area contributed by atoms with Gasteiger partial charge in [-0.1, -0.05) is 27.7 Å². The van der Waals surface area contributed by atoms with Crippen LogP contribution in [0.5, 0.6) is 0 Å². The molecule has 1 aromatic heterocycles. The van der Waals surface area contributed by atoms with E-state index in [-0.39, 0.29) is 35.5 Å². The number of carbonyl (C=O) groups excluding carboxylic acids is 1. The van der Waals surface area contributed by atoms with Crippen LogP contribution < -0.4 is 4.90 Å². The molecule has 2 aliphatic carbocycles. The van der Waals surface area contributed by atoms with E-state index in [0.29, 0.717) is 23.1 Å². The largest absolute Gasteiger partial charge is 0.477 e. The first-order valence-corrected chi connectivity index (χ1v) is 13.9. The van der Waals surface area contributed by atoms with Crippen molar-refractivity contribution in [3.8, 4) is 0 Å². The molecular weight excluding hydrogens is 450 g/mol. The van der Waals surface area contributed by atoms with Gasteiger partial charge in [-0.15, -0.1) is 11.3 Å². The van der Waals surface area contributed by atoms with Gasteiger partial charge < -0.3 is 19.5 Å². The fraction of sp³-hybridized carbons (Fsp3) is 0.778. The third kappa shape index (κ3) is 5.85. The Balaban J connectivity index is 1.58. The first-order chi connectivity index (χ1) is 16.1. The Morgan fingerprint density at radius 3 is 2.26 bits per heavy atom. The highest BCUT2D eigenvalue weighted by atomic mass is 32.1. The summed E-state index contributed by atoms with van der Waals surface area (Å²) < 4.78 is 11.7. The molecule has 190 valence electrons. The number of aromatic carboxylic acids is 1. The van der Waals surface area contributed by atoms with Crippen molar-refractivity contribution in [1.82, 2.24) is 0 Å². The highest BCUT2D eigenvalue weighted by Crippen LogP contribution is 2.42. The van der Waals surface area contributed by atoms with Crippen LogP contribution in [-0.4, -0.2) is 48.4 Å². The number of amides is 1. The van der Waals surface area contributed by atoms with Gasteiger partial charge in [0.15, 0.2) is 0 Å². The van der Waals surface area contributed by atoms with Gasteiger partial charge in [0.2, 0.25) is 5.91 Å². The third-order valence-corrected chi connectivity index (χ3v) is 9.33. The van der Waals surface area contributed by atoms with Crippen LogP contribution in [0.3, 0.4) is 0 Å². The van der Waals surface area contributed by atoms with Gasteiger partial charge in [-0.05, 0) is 75.2 Å². The topological polar surface area (TPSA) is 76.1 Å². The molecule has 0 aromatic carbocycles. The molecule has 3 aliphatic rings. The van der Waals surface area contributed by atoms with E-state index < -0.39 is 5.97 Å². The molecule has 7 heteroatoms. The second-order valence-electron chi connectivity index (χ2n) is 11.6. The van der Waals surface area contributed by atoms with Gasteiger partial charge in [-0.2, -0.15) is 0 Å². The summed E-state index contributed by atoms with van der Waals surface area (Å²) in [4.78, 5) is 29.5. The number of carboxylic acid groups (broad SMARTS) is 1. The molecule has 0 radical (unpaired) electrons. The lowest BCUT2D eigenvalue weighted by atomic mass is 9.81. The number of carboxylic acids is 1. The number of nitrogens with zero attached hydrogens (tertiary/aromatic N) is 1. The van der Waals surface area contributed by atoms with Crippen LogP contribution in [0.15, 0.2) is 6.07 Å². The van der Waals surface area contributed by atoms with E-state index in [1.807, 2.05) is 11.0 Å². The molecule has 2 heterocycles. The first kappa shape index (κ1) is 25.6. The van der Waals surface area contributed by atoms with Gasteiger partial charge in [-0.3, -0.25) is 4.79 Å². The molecule has 2 saturated carbocycles. The van der Waals surface area contributed by atoms with E-state index in [1.165, 1.54) is 11.3 Å². The lowest BCUT2D eigenvalue weighted by Gasteiger charge is -2.40. The van der Waals surface area contributed by atoms with E-state index in [1.54, 1.807) is 0 Å². The third-order valence-electron chi connectivity index (χ3n) is 7.79. The zero-order valence-corrected chi connectivity index (χ0v) is 22.0. The second kappa shape index (κ2) is 10.7. The van der Waals surface area contributed by atoms with Crippen LogP contribution in [0.25, 0.3) is 0 Å². The monoisotopic (exact) mass is 491 g/mol. The highest BCUT2D eigenvalue weighted by Gasteiger charge is 2.38. The zero-order chi connectivity index (χ0) is 24.5. The Morgan fingerprint density at radius 2 is 1.71 bits per heavy atom.